The quantitative estimate of drug-likeness (QED) is 0.913. The van der Waals surface area contributed by atoms with Gasteiger partial charge >= 0.3 is 0 Å². The molecule has 0 fully saturated rings. The molecule has 0 aliphatic rings. The number of hydrogen-bond donors (Lipinski definition) is 1. The van der Waals surface area contributed by atoms with Crippen molar-refractivity contribution >= 4 is 11.6 Å². The number of aromatic nitrogens is 1. The largest absolute Gasteiger partial charge is 0.488 e. The normalized spacial score (nSPS) is 10.5. The van der Waals surface area contributed by atoms with Crippen LogP contribution in [-0.4, -0.2) is 11.5 Å². The van der Waals surface area contributed by atoms with Crippen molar-refractivity contribution in [2.45, 2.75) is 20.0 Å². The van der Waals surface area contributed by atoms with E-state index in [4.69, 9.17) is 22.1 Å². The fourth-order valence-electron chi connectivity index (χ4n) is 1.94. The third-order valence-corrected chi connectivity index (χ3v) is 3.28. The van der Waals surface area contributed by atoms with Crippen molar-refractivity contribution in [3.05, 3.63) is 58.4 Å². The predicted octanol–water partition coefficient (Wildman–Crippen LogP) is 3.12. The Labute approximate surface area is 118 Å². The maximum absolute atomic E-state index is 6.07. The van der Waals surface area contributed by atoms with Crippen molar-refractivity contribution in [3.8, 4) is 5.75 Å². The third kappa shape index (κ3) is 3.46. The van der Waals surface area contributed by atoms with Crippen LogP contribution in [-0.2, 0) is 13.0 Å². The minimum Gasteiger partial charge on any atom is -0.488 e. The second kappa shape index (κ2) is 6.55. The van der Waals surface area contributed by atoms with Crippen LogP contribution in [0, 0.1) is 6.92 Å². The number of rotatable bonds is 5. The number of ether oxygens (including phenoxy) is 1. The molecule has 0 atom stereocenters. The number of nitrogens with zero attached hydrogens (tertiary/aromatic N) is 1. The maximum atomic E-state index is 6.07. The molecule has 0 saturated carbocycles. The summed E-state index contributed by atoms with van der Waals surface area (Å²) in [7, 11) is 0. The van der Waals surface area contributed by atoms with Crippen LogP contribution in [0.4, 0.5) is 0 Å². The molecule has 0 saturated heterocycles. The molecule has 0 spiro atoms. The molecule has 0 radical (unpaired) electrons. The van der Waals surface area contributed by atoms with Crippen LogP contribution in [0.15, 0.2) is 36.7 Å². The van der Waals surface area contributed by atoms with Gasteiger partial charge in [0.25, 0.3) is 0 Å². The lowest BCUT2D eigenvalue weighted by atomic mass is 10.1. The molecule has 19 heavy (non-hydrogen) atoms. The van der Waals surface area contributed by atoms with Crippen molar-refractivity contribution in [2.75, 3.05) is 6.54 Å². The zero-order valence-corrected chi connectivity index (χ0v) is 11.7. The first-order valence-corrected chi connectivity index (χ1v) is 6.60. The van der Waals surface area contributed by atoms with Gasteiger partial charge < -0.3 is 10.5 Å². The Morgan fingerprint density at radius 2 is 2.11 bits per heavy atom. The highest BCUT2D eigenvalue weighted by molar-refractivity contribution is 6.31. The van der Waals surface area contributed by atoms with Gasteiger partial charge in [0, 0.05) is 18.0 Å². The number of para-hydroxylation sites is 1. The SMILES string of the molecule is Cc1cccc(CCN)c1OCc1ccncc1Cl. The monoisotopic (exact) mass is 276 g/mol. The van der Waals surface area contributed by atoms with Crippen molar-refractivity contribution in [3.63, 3.8) is 0 Å². The average molecular weight is 277 g/mol. The van der Waals surface area contributed by atoms with E-state index in [0.29, 0.717) is 18.2 Å². The minimum atomic E-state index is 0.434. The topological polar surface area (TPSA) is 48.1 Å². The third-order valence-electron chi connectivity index (χ3n) is 2.94. The Balaban J connectivity index is 2.17. The molecule has 1 heterocycles. The molecule has 1 aromatic carbocycles. The number of nitrogens with two attached hydrogens (primary N) is 1. The van der Waals surface area contributed by atoms with E-state index in [2.05, 4.69) is 4.98 Å². The lowest BCUT2D eigenvalue weighted by Gasteiger charge is -2.14. The lowest BCUT2D eigenvalue weighted by molar-refractivity contribution is 0.301. The number of aryl methyl sites for hydroxylation is 1. The van der Waals surface area contributed by atoms with Gasteiger partial charge in [-0.25, -0.2) is 0 Å². The molecule has 100 valence electrons. The smallest absolute Gasteiger partial charge is 0.125 e. The zero-order valence-electron chi connectivity index (χ0n) is 10.9. The van der Waals surface area contributed by atoms with E-state index in [9.17, 15) is 0 Å². The van der Waals surface area contributed by atoms with Crippen molar-refractivity contribution in [1.29, 1.82) is 0 Å². The van der Waals surface area contributed by atoms with E-state index >= 15 is 0 Å². The first-order valence-electron chi connectivity index (χ1n) is 6.22. The summed E-state index contributed by atoms with van der Waals surface area (Å²) in [6, 6.07) is 7.96. The summed E-state index contributed by atoms with van der Waals surface area (Å²) < 4.78 is 5.92. The van der Waals surface area contributed by atoms with Crippen molar-refractivity contribution in [2.24, 2.45) is 5.73 Å². The van der Waals surface area contributed by atoms with Gasteiger partial charge in [-0.05, 0) is 37.1 Å². The molecule has 0 aliphatic carbocycles. The van der Waals surface area contributed by atoms with E-state index in [1.165, 1.54) is 0 Å². The summed E-state index contributed by atoms with van der Waals surface area (Å²) in [5.41, 5.74) is 8.79. The molecule has 0 amide bonds. The summed E-state index contributed by atoms with van der Waals surface area (Å²) in [6.07, 6.45) is 4.14. The summed E-state index contributed by atoms with van der Waals surface area (Å²) in [6.45, 7) is 3.07. The molecule has 1 aromatic heterocycles. The van der Waals surface area contributed by atoms with E-state index in [0.717, 1.165) is 28.9 Å². The van der Waals surface area contributed by atoms with Gasteiger partial charge in [0.05, 0.1) is 5.02 Å². The highest BCUT2D eigenvalue weighted by atomic mass is 35.5. The lowest BCUT2D eigenvalue weighted by Crippen LogP contribution is -2.06. The zero-order chi connectivity index (χ0) is 13.7. The number of halogens is 1. The first kappa shape index (κ1) is 13.8. The van der Waals surface area contributed by atoms with Gasteiger partial charge in [-0.15, -0.1) is 0 Å². The fourth-order valence-corrected chi connectivity index (χ4v) is 2.12. The molecule has 0 bridgehead atoms. The molecule has 4 heteroatoms. The summed E-state index contributed by atoms with van der Waals surface area (Å²) >= 11 is 6.07. The van der Waals surface area contributed by atoms with Gasteiger partial charge in [0.2, 0.25) is 0 Å². The molecule has 2 aromatic rings. The van der Waals surface area contributed by atoms with Crippen molar-refractivity contribution < 1.29 is 4.74 Å². The molecular weight excluding hydrogens is 260 g/mol. The standard InChI is InChI=1S/C15H17ClN2O/c1-11-3-2-4-12(5-7-17)15(11)19-10-13-6-8-18-9-14(13)16/h2-4,6,8-9H,5,7,10,17H2,1H3. The van der Waals surface area contributed by atoms with E-state index < -0.39 is 0 Å². The van der Waals surface area contributed by atoms with Crippen LogP contribution in [0.2, 0.25) is 5.02 Å². The van der Waals surface area contributed by atoms with Gasteiger partial charge in [0.1, 0.15) is 12.4 Å². The Morgan fingerprint density at radius 3 is 2.84 bits per heavy atom. The first-order chi connectivity index (χ1) is 9.22. The molecular formula is C15H17ClN2O. The Bertz CT molecular complexity index is 558. The van der Waals surface area contributed by atoms with E-state index in [1.807, 2.05) is 31.2 Å². The molecule has 0 aliphatic heterocycles. The fraction of sp³-hybridized carbons (Fsp3) is 0.267. The van der Waals surface area contributed by atoms with Gasteiger partial charge in [-0.2, -0.15) is 0 Å². The molecule has 2 rings (SSSR count). The predicted molar refractivity (Wildman–Crippen MR) is 77.5 cm³/mol. The summed E-state index contributed by atoms with van der Waals surface area (Å²) in [4.78, 5) is 3.96. The number of benzene rings is 1. The van der Waals surface area contributed by atoms with Crippen LogP contribution in [0.25, 0.3) is 0 Å². The maximum Gasteiger partial charge on any atom is 0.125 e. The molecule has 2 N–H and O–H groups in total. The molecule has 0 unspecified atom stereocenters. The second-order valence-corrected chi connectivity index (χ2v) is 4.76. The van der Waals surface area contributed by atoms with Crippen LogP contribution >= 0.6 is 11.6 Å². The number of hydrogen-bond acceptors (Lipinski definition) is 3. The Kier molecular flexibility index (Phi) is 4.77. The second-order valence-electron chi connectivity index (χ2n) is 4.36. The van der Waals surface area contributed by atoms with E-state index in [-0.39, 0.29) is 0 Å². The van der Waals surface area contributed by atoms with Crippen LogP contribution in [0.5, 0.6) is 5.75 Å². The van der Waals surface area contributed by atoms with Gasteiger partial charge in [-0.3, -0.25) is 4.98 Å². The number of pyridine rings is 1. The van der Waals surface area contributed by atoms with Crippen LogP contribution in [0.1, 0.15) is 16.7 Å². The van der Waals surface area contributed by atoms with Gasteiger partial charge in [-0.1, -0.05) is 29.8 Å². The van der Waals surface area contributed by atoms with Crippen molar-refractivity contribution in [1.82, 2.24) is 4.98 Å². The minimum absolute atomic E-state index is 0.434. The Morgan fingerprint density at radius 1 is 1.26 bits per heavy atom. The molecule has 3 nitrogen and oxygen atoms in total. The highest BCUT2D eigenvalue weighted by Crippen LogP contribution is 2.25. The van der Waals surface area contributed by atoms with Crippen LogP contribution < -0.4 is 10.5 Å². The van der Waals surface area contributed by atoms with E-state index in [1.54, 1.807) is 12.4 Å². The summed E-state index contributed by atoms with van der Waals surface area (Å²) in [5, 5.41) is 0.622. The average Bonchev–Trinajstić information content (AvgIpc) is 2.40. The van der Waals surface area contributed by atoms with Crippen LogP contribution in [0.3, 0.4) is 0 Å². The summed E-state index contributed by atoms with van der Waals surface area (Å²) in [5.74, 6) is 0.904. The van der Waals surface area contributed by atoms with Gasteiger partial charge in [0.15, 0.2) is 0 Å². The Hall–Kier alpha value is -1.58. The highest BCUT2D eigenvalue weighted by Gasteiger charge is 2.08.